The Balaban J connectivity index is 0.000000196. The zero-order valence-corrected chi connectivity index (χ0v) is 18.7. The molecule has 178 valence electrons. The van der Waals surface area contributed by atoms with Crippen molar-refractivity contribution in [3.8, 4) is 11.5 Å². The molecule has 7 N–H and O–H groups in total. The Hall–Kier alpha value is -4.61. The fraction of sp³-hybridized carbons (Fsp3) is 0.227. The third-order valence-corrected chi connectivity index (χ3v) is 4.53. The number of nitrogens with one attached hydrogen (secondary N) is 3. The number of carbonyl (C=O) groups is 1. The number of rotatable bonds is 6. The molecule has 4 aromatic rings. The van der Waals surface area contributed by atoms with Crippen LogP contribution in [0.5, 0.6) is 11.5 Å². The number of benzene rings is 2. The second kappa shape index (κ2) is 10.8. The number of nitrogens with zero attached hydrogens (tertiary/aromatic N) is 2. The number of anilines is 2. The Morgan fingerprint density at radius 3 is 1.88 bits per heavy atom. The summed E-state index contributed by atoms with van der Waals surface area (Å²) in [5, 5.41) is 3.83. The molecule has 0 radical (unpaired) electrons. The van der Waals surface area contributed by atoms with Gasteiger partial charge in [-0.25, -0.2) is 9.59 Å². The molecule has 0 fully saturated rings. The molecule has 4 rings (SSSR count). The number of fused-ring (bicyclic) bond motifs is 2. The van der Waals surface area contributed by atoms with E-state index < -0.39 is 11.4 Å². The van der Waals surface area contributed by atoms with E-state index in [0.29, 0.717) is 53.1 Å². The summed E-state index contributed by atoms with van der Waals surface area (Å²) in [6.45, 7) is 4.55. The average molecular weight is 467 g/mol. The second-order valence-corrected chi connectivity index (χ2v) is 6.98. The number of ether oxygens (including phenoxy) is 2. The number of carbonyl (C=O) groups excluding carboxylic acids is 1. The normalized spacial score (nSPS) is 10.4. The second-order valence-electron chi connectivity index (χ2n) is 6.98. The van der Waals surface area contributed by atoms with Crippen LogP contribution in [0.15, 0.2) is 46.0 Å². The molecule has 0 atom stereocenters. The van der Waals surface area contributed by atoms with E-state index in [9.17, 15) is 14.4 Å². The monoisotopic (exact) mass is 467 g/mol. The summed E-state index contributed by atoms with van der Waals surface area (Å²) in [7, 11) is 0. The van der Waals surface area contributed by atoms with Crippen molar-refractivity contribution in [2.75, 3.05) is 31.2 Å². The van der Waals surface area contributed by atoms with E-state index in [-0.39, 0.29) is 17.5 Å². The first-order valence-electron chi connectivity index (χ1n) is 10.4. The highest BCUT2D eigenvalue weighted by molar-refractivity contribution is 5.94. The average Bonchev–Trinajstić information content (AvgIpc) is 2.76. The number of hydrogen-bond acceptors (Lipinski definition) is 9. The molecule has 0 saturated heterocycles. The minimum Gasteiger partial charge on any atom is -0.493 e. The van der Waals surface area contributed by atoms with Crippen LogP contribution in [-0.4, -0.2) is 45.6 Å². The van der Waals surface area contributed by atoms with Crippen molar-refractivity contribution in [1.82, 2.24) is 25.3 Å². The topological polar surface area (TPSA) is 191 Å². The lowest BCUT2D eigenvalue weighted by Gasteiger charge is -2.10. The van der Waals surface area contributed by atoms with Gasteiger partial charge in [0.15, 0.2) is 0 Å². The minimum absolute atomic E-state index is 0.118. The molecule has 12 heteroatoms. The molecule has 2 aromatic heterocycles. The van der Waals surface area contributed by atoms with Gasteiger partial charge < -0.3 is 36.2 Å². The van der Waals surface area contributed by atoms with Gasteiger partial charge >= 0.3 is 11.4 Å². The molecule has 0 bridgehead atoms. The number of nitrogen functional groups attached to an aromatic ring is 2. The molecular formula is C22H25N7O5. The summed E-state index contributed by atoms with van der Waals surface area (Å²) in [6, 6.07) is 10.5. The van der Waals surface area contributed by atoms with Gasteiger partial charge in [-0.1, -0.05) is 12.1 Å². The van der Waals surface area contributed by atoms with Crippen molar-refractivity contribution in [3.63, 3.8) is 0 Å². The van der Waals surface area contributed by atoms with E-state index in [2.05, 4.69) is 25.3 Å². The van der Waals surface area contributed by atoms with Gasteiger partial charge in [0.05, 0.1) is 35.0 Å². The van der Waals surface area contributed by atoms with Gasteiger partial charge in [0, 0.05) is 6.92 Å². The third kappa shape index (κ3) is 5.79. The summed E-state index contributed by atoms with van der Waals surface area (Å²) < 4.78 is 10.9. The zero-order chi connectivity index (χ0) is 24.7. The lowest BCUT2D eigenvalue weighted by Crippen LogP contribution is -2.25. The number of hydrogen-bond donors (Lipinski definition) is 5. The molecule has 0 aliphatic heterocycles. The van der Waals surface area contributed by atoms with Gasteiger partial charge in [-0.2, -0.15) is 9.97 Å². The van der Waals surface area contributed by atoms with Gasteiger partial charge in [-0.05, 0) is 31.2 Å². The summed E-state index contributed by atoms with van der Waals surface area (Å²) in [6.07, 6.45) is 0. The highest BCUT2D eigenvalue weighted by Crippen LogP contribution is 2.27. The first-order chi connectivity index (χ1) is 16.3. The molecule has 0 saturated carbocycles. The lowest BCUT2D eigenvalue weighted by atomic mass is 10.2. The van der Waals surface area contributed by atoms with Gasteiger partial charge in [0.2, 0.25) is 5.91 Å². The van der Waals surface area contributed by atoms with Crippen LogP contribution in [0.3, 0.4) is 0 Å². The SMILES string of the molecule is CC(=O)NCCOc1cccc2[nH]c(=O)nc(N)c12.CCOc1cccc2[nH]c(=O)nc(N)c12. The molecule has 12 nitrogen and oxygen atoms in total. The number of aromatic amines is 2. The van der Waals surface area contributed by atoms with E-state index in [0.717, 1.165) is 0 Å². The first kappa shape index (κ1) is 24.0. The van der Waals surface area contributed by atoms with Crippen LogP contribution in [0, 0.1) is 0 Å². The van der Waals surface area contributed by atoms with Gasteiger partial charge in [0.1, 0.15) is 29.7 Å². The van der Waals surface area contributed by atoms with Crippen LogP contribution in [0.4, 0.5) is 11.6 Å². The first-order valence-corrected chi connectivity index (χ1v) is 10.4. The third-order valence-electron chi connectivity index (χ3n) is 4.53. The van der Waals surface area contributed by atoms with Crippen LogP contribution in [-0.2, 0) is 4.79 Å². The summed E-state index contributed by atoms with van der Waals surface area (Å²) in [5.41, 5.74) is 11.7. The highest BCUT2D eigenvalue weighted by Gasteiger charge is 2.09. The van der Waals surface area contributed by atoms with E-state index >= 15 is 0 Å². The maximum absolute atomic E-state index is 11.2. The van der Waals surface area contributed by atoms with Crippen molar-refractivity contribution in [3.05, 3.63) is 57.4 Å². The molecule has 34 heavy (non-hydrogen) atoms. The van der Waals surface area contributed by atoms with Crippen LogP contribution in [0.2, 0.25) is 0 Å². The van der Waals surface area contributed by atoms with Crippen molar-refractivity contribution >= 4 is 39.3 Å². The van der Waals surface area contributed by atoms with Crippen molar-refractivity contribution in [2.45, 2.75) is 13.8 Å². The van der Waals surface area contributed by atoms with E-state index in [1.54, 1.807) is 36.4 Å². The standard InChI is InChI=1S/C12H14N4O3.C10H11N3O2/c1-7(17)14-5-6-19-9-4-2-3-8-10(9)11(13)16-12(18)15-8;1-2-15-7-5-3-4-6-8(7)9(11)13-10(14)12-6/h2-4H,5-6H2,1H3,(H,14,17)(H3,13,15,16,18);3-5H,2H2,1H3,(H3,11,12,13,14). The highest BCUT2D eigenvalue weighted by atomic mass is 16.5. The minimum atomic E-state index is -0.500. The number of aromatic nitrogens is 4. The van der Waals surface area contributed by atoms with E-state index in [4.69, 9.17) is 20.9 Å². The molecule has 0 spiro atoms. The predicted molar refractivity (Wildman–Crippen MR) is 129 cm³/mol. The molecule has 2 aromatic carbocycles. The Bertz CT molecular complexity index is 1430. The maximum atomic E-state index is 11.2. The summed E-state index contributed by atoms with van der Waals surface area (Å²) >= 11 is 0. The Morgan fingerprint density at radius 1 is 0.912 bits per heavy atom. The summed E-state index contributed by atoms with van der Waals surface area (Å²) in [5.74, 6) is 1.35. The molecule has 0 unspecified atom stereocenters. The fourth-order valence-corrected chi connectivity index (χ4v) is 3.20. The predicted octanol–water partition coefficient (Wildman–Crippen LogP) is 0.924. The Kier molecular flexibility index (Phi) is 7.64. The number of H-pyrrole nitrogens is 2. The van der Waals surface area contributed by atoms with E-state index in [1.807, 2.05) is 6.92 Å². The van der Waals surface area contributed by atoms with Gasteiger partial charge in [0.25, 0.3) is 0 Å². The van der Waals surface area contributed by atoms with Crippen molar-refractivity contribution < 1.29 is 14.3 Å². The number of amides is 1. The molecule has 0 aliphatic carbocycles. The van der Waals surface area contributed by atoms with Crippen LogP contribution in [0.25, 0.3) is 21.8 Å². The quantitative estimate of drug-likeness (QED) is 0.257. The van der Waals surface area contributed by atoms with Gasteiger partial charge in [-0.3, -0.25) is 4.79 Å². The van der Waals surface area contributed by atoms with E-state index in [1.165, 1.54) is 6.92 Å². The summed E-state index contributed by atoms with van der Waals surface area (Å²) in [4.78, 5) is 45.5. The van der Waals surface area contributed by atoms with Crippen molar-refractivity contribution in [1.29, 1.82) is 0 Å². The number of nitrogens with two attached hydrogens (primary N) is 2. The van der Waals surface area contributed by atoms with Crippen molar-refractivity contribution in [2.24, 2.45) is 0 Å². The molecule has 0 aliphatic rings. The largest absolute Gasteiger partial charge is 0.493 e. The fourth-order valence-electron chi connectivity index (χ4n) is 3.20. The van der Waals surface area contributed by atoms with Gasteiger partial charge in [-0.15, -0.1) is 0 Å². The molecule has 1 amide bonds. The van der Waals surface area contributed by atoms with Crippen LogP contribution >= 0.6 is 0 Å². The zero-order valence-electron chi connectivity index (χ0n) is 18.7. The Labute approximate surface area is 193 Å². The smallest absolute Gasteiger partial charge is 0.347 e. The molecular weight excluding hydrogens is 442 g/mol. The maximum Gasteiger partial charge on any atom is 0.347 e. The van der Waals surface area contributed by atoms with Crippen LogP contribution in [0.1, 0.15) is 13.8 Å². The molecule has 2 heterocycles. The lowest BCUT2D eigenvalue weighted by molar-refractivity contribution is -0.119. The van der Waals surface area contributed by atoms with Crippen LogP contribution < -0.4 is 37.6 Å². The Morgan fingerprint density at radius 2 is 1.41 bits per heavy atom.